The Labute approximate surface area is 129 Å². The molecule has 0 unspecified atom stereocenters. The van der Waals surface area contributed by atoms with Crippen molar-refractivity contribution in [2.75, 3.05) is 0 Å². The summed E-state index contributed by atoms with van der Waals surface area (Å²) in [5.74, 6) is 0. The van der Waals surface area contributed by atoms with Crippen molar-refractivity contribution in [2.45, 2.75) is 41.0 Å². The molecule has 0 spiro atoms. The van der Waals surface area contributed by atoms with E-state index < -0.39 is 20.8 Å². The molecule has 2 rings (SSSR count). The van der Waals surface area contributed by atoms with Gasteiger partial charge in [-0.25, -0.2) is 0 Å². The summed E-state index contributed by atoms with van der Waals surface area (Å²) in [6.45, 7) is 11.2. The zero-order valence-electron chi connectivity index (χ0n) is 11.6. The van der Waals surface area contributed by atoms with Crippen molar-refractivity contribution in [1.29, 1.82) is 0 Å². The van der Waals surface area contributed by atoms with Crippen LogP contribution >= 0.6 is 17.0 Å². The Balaban J connectivity index is 0.000000492. The molecule has 0 heterocycles. The molecule has 0 fully saturated rings. The standard InChI is InChI=1S/C15H19.2ClH.Zr/c1-6-13-7-14-11(4)9(2)10(3)12(5)15(14)8-13;;;/h7-8H,6H2,1-5H3;2*1H;/q;;;+2/p-2. The summed E-state index contributed by atoms with van der Waals surface area (Å²) in [7, 11) is 9.87. The third-order valence-electron chi connectivity index (χ3n) is 3.85. The van der Waals surface area contributed by atoms with Gasteiger partial charge in [0.2, 0.25) is 0 Å². The first-order chi connectivity index (χ1) is 8.47. The van der Waals surface area contributed by atoms with Gasteiger partial charge in [0.25, 0.3) is 0 Å². The van der Waals surface area contributed by atoms with Crippen LogP contribution < -0.4 is 0 Å². The molecule has 0 aromatic heterocycles. The maximum absolute atomic E-state index is 4.93. The van der Waals surface area contributed by atoms with E-state index in [9.17, 15) is 0 Å². The van der Waals surface area contributed by atoms with Crippen LogP contribution in [0.3, 0.4) is 0 Å². The van der Waals surface area contributed by atoms with E-state index in [1.54, 1.807) is 0 Å². The average molecular weight is 361 g/mol. The molecule has 0 saturated carbocycles. The molecule has 0 bridgehead atoms. The van der Waals surface area contributed by atoms with Crippen molar-refractivity contribution in [3.63, 3.8) is 0 Å². The van der Waals surface area contributed by atoms with Gasteiger partial charge in [-0.1, -0.05) is 18.6 Å². The number of benzene rings is 1. The van der Waals surface area contributed by atoms with Gasteiger partial charge < -0.3 is 0 Å². The Bertz CT molecular complexity index is 476. The molecule has 1 aliphatic rings. The van der Waals surface area contributed by atoms with E-state index in [0.29, 0.717) is 0 Å². The molecular weight excluding hydrogens is 342 g/mol. The zero-order chi connectivity index (χ0) is 13.9. The quantitative estimate of drug-likeness (QED) is 0.606. The second-order valence-electron chi connectivity index (χ2n) is 4.62. The number of hydrogen-bond donors (Lipinski definition) is 0. The summed E-state index contributed by atoms with van der Waals surface area (Å²) in [6.07, 6.45) is 5.83. The summed E-state index contributed by atoms with van der Waals surface area (Å²) < 4.78 is 0. The van der Waals surface area contributed by atoms with E-state index in [0.717, 1.165) is 6.42 Å². The summed E-state index contributed by atoms with van der Waals surface area (Å²) in [6, 6.07) is 0. The predicted octanol–water partition coefficient (Wildman–Crippen LogP) is 5.66. The van der Waals surface area contributed by atoms with Crippen LogP contribution in [0.15, 0.2) is 5.57 Å². The molecule has 0 aliphatic heterocycles. The van der Waals surface area contributed by atoms with Crippen LogP contribution in [0, 0.1) is 34.1 Å². The van der Waals surface area contributed by atoms with Gasteiger partial charge in [0, 0.05) is 6.42 Å². The maximum atomic E-state index is 4.93. The van der Waals surface area contributed by atoms with Crippen molar-refractivity contribution in [1.82, 2.24) is 0 Å². The van der Waals surface area contributed by atoms with Crippen LogP contribution in [0.4, 0.5) is 0 Å². The summed E-state index contributed by atoms with van der Waals surface area (Å²) in [4.78, 5) is 0. The number of allylic oxidation sites excluding steroid dienone is 1. The van der Waals surface area contributed by atoms with Gasteiger partial charge in [-0.05, 0) is 67.5 Å². The normalized spacial score (nSPS) is 12.5. The van der Waals surface area contributed by atoms with Crippen LogP contribution in [-0.2, 0) is 20.8 Å². The molecule has 1 aromatic carbocycles. The van der Waals surface area contributed by atoms with Gasteiger partial charge in [0.15, 0.2) is 0 Å². The third kappa shape index (κ3) is 3.30. The molecule has 1 aromatic rings. The summed E-state index contributed by atoms with van der Waals surface area (Å²) in [5, 5.41) is 0. The predicted molar refractivity (Wildman–Crippen MR) is 78.8 cm³/mol. The first kappa shape index (κ1) is 16.5. The van der Waals surface area contributed by atoms with Gasteiger partial charge >= 0.3 is 37.9 Å². The summed E-state index contributed by atoms with van der Waals surface area (Å²) >= 11 is -0.826. The van der Waals surface area contributed by atoms with Crippen LogP contribution in [0.2, 0.25) is 0 Å². The van der Waals surface area contributed by atoms with Crippen molar-refractivity contribution >= 4 is 23.1 Å². The Morgan fingerprint density at radius 2 is 1.33 bits per heavy atom. The van der Waals surface area contributed by atoms with Gasteiger partial charge in [0.1, 0.15) is 0 Å². The third-order valence-corrected chi connectivity index (χ3v) is 3.85. The van der Waals surface area contributed by atoms with Crippen molar-refractivity contribution < 1.29 is 20.8 Å². The topological polar surface area (TPSA) is 0 Å². The Kier molecular flexibility index (Phi) is 6.66. The SMILES string of the molecule is CCC1=Cc2c(C)c(C)c(C)c(C)c2[CH]1.[Cl][Zr][Cl]. The monoisotopic (exact) mass is 359 g/mol. The van der Waals surface area contributed by atoms with Gasteiger partial charge in [-0.3, -0.25) is 0 Å². The van der Waals surface area contributed by atoms with Crippen molar-refractivity contribution in [3.05, 3.63) is 45.4 Å². The van der Waals surface area contributed by atoms with Crippen molar-refractivity contribution in [3.8, 4) is 0 Å². The van der Waals surface area contributed by atoms with E-state index in [-0.39, 0.29) is 0 Å². The van der Waals surface area contributed by atoms with Crippen LogP contribution in [0.5, 0.6) is 0 Å². The van der Waals surface area contributed by atoms with Gasteiger partial charge in [-0.2, -0.15) is 0 Å². The summed E-state index contributed by atoms with van der Waals surface area (Å²) in [5.41, 5.74) is 10.2. The fourth-order valence-corrected chi connectivity index (χ4v) is 2.36. The second kappa shape index (κ2) is 7.27. The number of rotatable bonds is 1. The fraction of sp³-hybridized carbons (Fsp3) is 0.400. The average Bonchev–Trinajstić information content (AvgIpc) is 2.79. The zero-order valence-corrected chi connectivity index (χ0v) is 15.6. The molecule has 97 valence electrons. The minimum atomic E-state index is -0.826. The molecule has 0 N–H and O–H groups in total. The molecular formula is C15H19Cl2Zr. The van der Waals surface area contributed by atoms with Crippen LogP contribution in [0.25, 0.3) is 6.08 Å². The molecule has 1 radical (unpaired) electrons. The number of hydrogen-bond acceptors (Lipinski definition) is 0. The van der Waals surface area contributed by atoms with E-state index in [1.165, 1.54) is 39.0 Å². The van der Waals surface area contributed by atoms with Crippen LogP contribution in [0.1, 0.15) is 46.7 Å². The van der Waals surface area contributed by atoms with E-state index in [2.05, 4.69) is 47.1 Å². The van der Waals surface area contributed by atoms with E-state index in [1.807, 2.05) is 0 Å². The first-order valence-electron chi connectivity index (χ1n) is 6.09. The van der Waals surface area contributed by atoms with Crippen LogP contribution in [-0.4, -0.2) is 0 Å². The molecule has 0 atom stereocenters. The molecule has 18 heavy (non-hydrogen) atoms. The van der Waals surface area contributed by atoms with E-state index >= 15 is 0 Å². The fourth-order valence-electron chi connectivity index (χ4n) is 2.36. The Hall–Kier alpha value is 0.423. The second-order valence-corrected chi connectivity index (χ2v) is 8.35. The van der Waals surface area contributed by atoms with E-state index in [4.69, 9.17) is 17.0 Å². The Morgan fingerprint density at radius 1 is 0.889 bits per heavy atom. The molecule has 3 heteroatoms. The molecule has 0 amide bonds. The number of fused-ring (bicyclic) bond motifs is 1. The molecule has 1 aliphatic carbocycles. The molecule has 0 saturated heterocycles. The first-order valence-corrected chi connectivity index (χ1v) is 12.4. The number of halogens is 2. The van der Waals surface area contributed by atoms with Gasteiger partial charge in [-0.15, -0.1) is 0 Å². The minimum absolute atomic E-state index is 0.826. The Morgan fingerprint density at radius 3 is 1.78 bits per heavy atom. The van der Waals surface area contributed by atoms with Crippen molar-refractivity contribution in [2.24, 2.45) is 0 Å². The molecule has 0 nitrogen and oxygen atoms in total. The van der Waals surface area contributed by atoms with Gasteiger partial charge in [0.05, 0.1) is 0 Å².